The van der Waals surface area contributed by atoms with Crippen LogP contribution in [-0.4, -0.2) is 42.4 Å². The van der Waals surface area contributed by atoms with E-state index in [1.165, 1.54) is 5.56 Å². The Morgan fingerprint density at radius 3 is 2.32 bits per heavy atom. The van der Waals surface area contributed by atoms with Crippen molar-refractivity contribution >= 4 is 11.6 Å². The lowest BCUT2D eigenvalue weighted by Crippen LogP contribution is -2.34. The Bertz CT molecular complexity index is 367. The normalized spacial score (nSPS) is 14.9. The number of benzene rings is 1. The van der Waals surface area contributed by atoms with Gasteiger partial charge >= 0.3 is 0 Å². The van der Waals surface area contributed by atoms with Crippen LogP contribution in [0.25, 0.3) is 0 Å². The molecule has 0 aliphatic heterocycles. The van der Waals surface area contributed by atoms with Crippen molar-refractivity contribution in [2.75, 3.05) is 20.2 Å². The molecule has 0 heterocycles. The second-order valence-corrected chi connectivity index (χ2v) is 5.64. The van der Waals surface area contributed by atoms with Gasteiger partial charge in [0.15, 0.2) is 0 Å². The lowest BCUT2D eigenvalue weighted by atomic mass is 10.1. The molecule has 4 heteroatoms. The van der Waals surface area contributed by atoms with E-state index in [9.17, 15) is 5.11 Å². The number of aliphatic hydroxyl groups is 1. The number of hydrogen-bond donors (Lipinski definition) is 1. The van der Waals surface area contributed by atoms with Gasteiger partial charge < -0.3 is 9.84 Å². The SMILES string of the molecule is CC(C)OCC(O)CN(C)C(C)c1ccc(Cl)cc1. The molecule has 0 radical (unpaired) electrons. The van der Waals surface area contributed by atoms with Crippen molar-refractivity contribution < 1.29 is 9.84 Å². The van der Waals surface area contributed by atoms with Gasteiger partial charge in [0, 0.05) is 17.6 Å². The molecule has 0 saturated heterocycles. The number of rotatable bonds is 7. The fraction of sp³-hybridized carbons (Fsp3) is 0.600. The Kier molecular flexibility index (Phi) is 6.80. The first-order valence-electron chi connectivity index (χ1n) is 6.65. The van der Waals surface area contributed by atoms with Crippen molar-refractivity contribution in [3.63, 3.8) is 0 Å². The fourth-order valence-corrected chi connectivity index (χ4v) is 1.97. The summed E-state index contributed by atoms with van der Waals surface area (Å²) in [6.07, 6.45) is -0.323. The molecule has 3 nitrogen and oxygen atoms in total. The molecule has 2 unspecified atom stereocenters. The Labute approximate surface area is 121 Å². The van der Waals surface area contributed by atoms with Gasteiger partial charge in [-0.15, -0.1) is 0 Å². The first-order chi connectivity index (χ1) is 8.90. The maximum Gasteiger partial charge on any atom is 0.0900 e. The van der Waals surface area contributed by atoms with Crippen LogP contribution in [0.1, 0.15) is 32.4 Å². The summed E-state index contributed by atoms with van der Waals surface area (Å²) in [6.45, 7) is 6.99. The summed E-state index contributed by atoms with van der Waals surface area (Å²) in [4.78, 5) is 2.11. The van der Waals surface area contributed by atoms with E-state index in [0.717, 1.165) is 5.02 Å². The van der Waals surface area contributed by atoms with Crippen LogP contribution in [0.4, 0.5) is 0 Å². The Balaban J connectivity index is 2.48. The lowest BCUT2D eigenvalue weighted by Gasteiger charge is -2.27. The number of aliphatic hydroxyl groups excluding tert-OH is 1. The van der Waals surface area contributed by atoms with Crippen molar-refractivity contribution in [3.05, 3.63) is 34.9 Å². The lowest BCUT2D eigenvalue weighted by molar-refractivity contribution is -0.00949. The second-order valence-electron chi connectivity index (χ2n) is 5.20. The molecule has 108 valence electrons. The largest absolute Gasteiger partial charge is 0.389 e. The third-order valence-electron chi connectivity index (χ3n) is 3.13. The molecule has 0 amide bonds. The maximum absolute atomic E-state index is 9.92. The molecule has 0 bridgehead atoms. The van der Waals surface area contributed by atoms with E-state index in [1.54, 1.807) is 0 Å². The van der Waals surface area contributed by atoms with Crippen molar-refractivity contribution in [1.82, 2.24) is 4.90 Å². The summed E-state index contributed by atoms with van der Waals surface area (Å²) in [7, 11) is 2.00. The van der Waals surface area contributed by atoms with E-state index in [4.69, 9.17) is 16.3 Å². The molecule has 0 saturated carbocycles. The number of halogens is 1. The van der Waals surface area contributed by atoms with Crippen molar-refractivity contribution in [1.29, 1.82) is 0 Å². The van der Waals surface area contributed by atoms with Gasteiger partial charge in [0.2, 0.25) is 0 Å². The maximum atomic E-state index is 9.92. The molecule has 0 spiro atoms. The summed E-state index contributed by atoms with van der Waals surface area (Å²) in [5.74, 6) is 0. The predicted octanol–water partition coefficient (Wildman–Crippen LogP) is 3.12. The Morgan fingerprint density at radius 1 is 1.21 bits per heavy atom. The van der Waals surface area contributed by atoms with Gasteiger partial charge in [0.05, 0.1) is 18.8 Å². The molecule has 0 fully saturated rings. The summed E-state index contributed by atoms with van der Waals surface area (Å²) in [5, 5.41) is 10.7. The van der Waals surface area contributed by atoms with E-state index >= 15 is 0 Å². The van der Waals surface area contributed by atoms with E-state index in [1.807, 2.05) is 45.2 Å². The standard InChI is InChI=1S/C15H24ClNO2/c1-11(2)19-10-15(18)9-17(4)12(3)13-5-7-14(16)8-6-13/h5-8,11-12,15,18H,9-10H2,1-4H3. The highest BCUT2D eigenvalue weighted by atomic mass is 35.5. The van der Waals surface area contributed by atoms with Crippen molar-refractivity contribution in [2.45, 2.75) is 39.0 Å². The average molecular weight is 286 g/mol. The minimum Gasteiger partial charge on any atom is -0.389 e. The van der Waals surface area contributed by atoms with E-state index in [0.29, 0.717) is 13.2 Å². The van der Waals surface area contributed by atoms with Crippen LogP contribution in [-0.2, 0) is 4.74 Å². The highest BCUT2D eigenvalue weighted by Crippen LogP contribution is 2.20. The molecule has 1 rings (SSSR count). The molecule has 1 aromatic carbocycles. The van der Waals surface area contributed by atoms with Gasteiger partial charge in [-0.05, 0) is 45.5 Å². The van der Waals surface area contributed by atoms with Crippen LogP contribution >= 0.6 is 11.6 Å². The first-order valence-corrected chi connectivity index (χ1v) is 7.03. The van der Waals surface area contributed by atoms with Gasteiger partial charge in [-0.25, -0.2) is 0 Å². The van der Waals surface area contributed by atoms with Gasteiger partial charge in [-0.3, -0.25) is 4.90 Å². The van der Waals surface area contributed by atoms with Gasteiger partial charge in [0.1, 0.15) is 0 Å². The van der Waals surface area contributed by atoms with Crippen LogP contribution in [0, 0.1) is 0 Å². The molecule has 2 atom stereocenters. The predicted molar refractivity (Wildman–Crippen MR) is 79.6 cm³/mol. The van der Waals surface area contributed by atoms with Crippen LogP contribution in [0.3, 0.4) is 0 Å². The van der Waals surface area contributed by atoms with Gasteiger partial charge in [-0.1, -0.05) is 23.7 Å². The van der Waals surface area contributed by atoms with Crippen LogP contribution in [0.15, 0.2) is 24.3 Å². The summed E-state index contributed by atoms with van der Waals surface area (Å²) < 4.78 is 5.41. The number of hydrogen-bond acceptors (Lipinski definition) is 3. The minimum atomic E-state index is -0.470. The van der Waals surface area contributed by atoms with Crippen molar-refractivity contribution in [3.8, 4) is 0 Å². The topological polar surface area (TPSA) is 32.7 Å². The summed E-state index contributed by atoms with van der Waals surface area (Å²) >= 11 is 5.88. The van der Waals surface area contributed by atoms with Crippen LogP contribution in [0.5, 0.6) is 0 Å². The first kappa shape index (κ1) is 16.4. The van der Waals surface area contributed by atoms with Gasteiger partial charge in [-0.2, -0.15) is 0 Å². The highest BCUT2D eigenvalue weighted by Gasteiger charge is 2.15. The van der Waals surface area contributed by atoms with Gasteiger partial charge in [0.25, 0.3) is 0 Å². The zero-order valence-corrected chi connectivity index (χ0v) is 12.9. The molecule has 1 N–H and O–H groups in total. The second kappa shape index (κ2) is 7.85. The van der Waals surface area contributed by atoms with Crippen molar-refractivity contribution in [2.24, 2.45) is 0 Å². The third kappa shape index (κ3) is 5.91. The zero-order valence-electron chi connectivity index (χ0n) is 12.1. The monoisotopic (exact) mass is 285 g/mol. The Hall–Kier alpha value is -0.610. The number of likely N-dealkylation sites (N-methyl/N-ethyl adjacent to an activating group) is 1. The van der Waals surface area contributed by atoms with E-state index in [2.05, 4.69) is 11.8 Å². The minimum absolute atomic E-state index is 0.147. The third-order valence-corrected chi connectivity index (χ3v) is 3.39. The average Bonchev–Trinajstić information content (AvgIpc) is 2.36. The highest BCUT2D eigenvalue weighted by molar-refractivity contribution is 6.30. The smallest absolute Gasteiger partial charge is 0.0900 e. The molecule has 1 aromatic rings. The molecule has 0 aromatic heterocycles. The van der Waals surface area contributed by atoms with Crippen LogP contribution in [0.2, 0.25) is 5.02 Å². The number of ether oxygens (including phenoxy) is 1. The van der Waals surface area contributed by atoms with E-state index < -0.39 is 6.10 Å². The van der Waals surface area contributed by atoms with E-state index in [-0.39, 0.29) is 12.1 Å². The Morgan fingerprint density at radius 2 is 1.79 bits per heavy atom. The number of nitrogens with zero attached hydrogens (tertiary/aromatic N) is 1. The van der Waals surface area contributed by atoms with Crippen LogP contribution < -0.4 is 0 Å². The molecule has 0 aliphatic rings. The zero-order chi connectivity index (χ0) is 14.4. The molecule has 19 heavy (non-hydrogen) atoms. The molecular formula is C15H24ClNO2. The fourth-order valence-electron chi connectivity index (χ4n) is 1.84. The molecule has 0 aliphatic carbocycles. The summed E-state index contributed by atoms with van der Waals surface area (Å²) in [5.41, 5.74) is 1.18. The summed E-state index contributed by atoms with van der Waals surface area (Å²) in [6, 6.07) is 8.03. The molecular weight excluding hydrogens is 262 g/mol. The quantitative estimate of drug-likeness (QED) is 0.835.